The lowest BCUT2D eigenvalue weighted by Gasteiger charge is -2.18. The van der Waals surface area contributed by atoms with Crippen molar-refractivity contribution < 1.29 is 17.9 Å². The lowest BCUT2D eigenvalue weighted by atomic mass is 10.00. The molecule has 1 unspecified atom stereocenters. The predicted molar refractivity (Wildman–Crippen MR) is 140 cm³/mol. The number of amides is 1. The van der Waals surface area contributed by atoms with E-state index in [0.29, 0.717) is 30.8 Å². The molecule has 1 N–H and O–H groups in total. The van der Waals surface area contributed by atoms with Crippen molar-refractivity contribution in [2.24, 2.45) is 7.05 Å². The molecule has 1 atom stereocenters. The average molecular weight is 534 g/mol. The maximum atomic E-state index is 13.0. The molecule has 5 rings (SSSR count). The highest BCUT2D eigenvalue weighted by molar-refractivity contribution is 7.92. The third kappa shape index (κ3) is 5.35. The number of aryl methyl sites for hydroxylation is 3. The molecule has 1 amide bonds. The molecule has 0 aliphatic carbocycles. The normalized spacial score (nSPS) is 15.4. The maximum Gasteiger partial charge on any atom is 0.267 e. The van der Waals surface area contributed by atoms with Crippen molar-refractivity contribution >= 4 is 21.9 Å². The number of sulfonamides is 1. The second-order valence-corrected chi connectivity index (χ2v) is 10.8. The molecule has 38 heavy (non-hydrogen) atoms. The molecule has 12 heteroatoms. The van der Waals surface area contributed by atoms with Gasteiger partial charge in [-0.25, -0.2) is 18.1 Å². The van der Waals surface area contributed by atoms with Gasteiger partial charge in [-0.15, -0.1) is 0 Å². The highest BCUT2D eigenvalue weighted by atomic mass is 32.2. The fourth-order valence-electron chi connectivity index (χ4n) is 4.45. The fourth-order valence-corrected chi connectivity index (χ4v) is 5.37. The number of carbonyl (C=O) groups is 1. The number of pyridine rings is 1. The van der Waals surface area contributed by atoms with Gasteiger partial charge >= 0.3 is 0 Å². The zero-order chi connectivity index (χ0) is 26.9. The van der Waals surface area contributed by atoms with Crippen molar-refractivity contribution in [2.75, 3.05) is 17.8 Å². The van der Waals surface area contributed by atoms with E-state index in [0.717, 1.165) is 16.7 Å². The summed E-state index contributed by atoms with van der Waals surface area (Å²) in [5.41, 5.74) is 3.85. The van der Waals surface area contributed by atoms with Crippen LogP contribution in [0, 0.1) is 13.8 Å². The topological polar surface area (TPSA) is 132 Å². The van der Waals surface area contributed by atoms with Crippen LogP contribution in [0.15, 0.2) is 66.1 Å². The summed E-state index contributed by atoms with van der Waals surface area (Å²) in [6.07, 6.45) is 6.08. The Hall–Kier alpha value is -4.32. The SMILES string of the molecule is Cc1cccc(C)c1-c1cc(OC2CCN(C(=O)c3cccnc3)C2)nc(NS(=O)(=O)c2cnn(C)c2)n1. The molecule has 4 aromatic rings. The molecular formula is C26H27N7O4S. The van der Waals surface area contributed by atoms with Crippen LogP contribution in [-0.4, -0.2) is 63.2 Å². The fraction of sp³-hybridized carbons (Fsp3) is 0.269. The second kappa shape index (κ2) is 10.2. The van der Waals surface area contributed by atoms with Gasteiger partial charge in [0.25, 0.3) is 15.9 Å². The molecule has 1 aliphatic rings. The maximum absolute atomic E-state index is 13.0. The molecule has 196 valence electrons. The van der Waals surface area contributed by atoms with Gasteiger partial charge in [-0.1, -0.05) is 18.2 Å². The number of likely N-dealkylation sites (tertiary alicyclic amines) is 1. The minimum Gasteiger partial charge on any atom is -0.472 e. The molecule has 1 saturated heterocycles. The quantitative estimate of drug-likeness (QED) is 0.383. The number of aromatic nitrogens is 5. The number of rotatable bonds is 7. The number of nitrogens with one attached hydrogen (secondary N) is 1. The summed E-state index contributed by atoms with van der Waals surface area (Å²) in [7, 11) is -2.35. The zero-order valence-corrected chi connectivity index (χ0v) is 22.0. The average Bonchev–Trinajstić information content (AvgIpc) is 3.53. The molecule has 3 aromatic heterocycles. The van der Waals surface area contributed by atoms with Gasteiger partial charge in [0.05, 0.1) is 24.0 Å². The first-order valence-corrected chi connectivity index (χ1v) is 13.5. The molecule has 0 radical (unpaired) electrons. The minimum absolute atomic E-state index is 0.0103. The highest BCUT2D eigenvalue weighted by Gasteiger charge is 2.29. The smallest absolute Gasteiger partial charge is 0.267 e. The van der Waals surface area contributed by atoms with Crippen LogP contribution in [-0.2, 0) is 17.1 Å². The standard InChI is InChI=1S/C26H27N7O4S/c1-17-6-4-7-18(2)24(17)22-12-23(30-26(29-22)31-38(35,36)21-14-28-32(3)16-21)37-20-9-11-33(15-20)25(34)19-8-5-10-27-13-19/h4-8,10,12-14,16,20H,9,11,15H2,1-3H3,(H,29,30,31). The molecule has 1 fully saturated rings. The first-order chi connectivity index (χ1) is 18.2. The number of ether oxygens (including phenoxy) is 1. The van der Waals surface area contributed by atoms with Gasteiger partial charge in [0.2, 0.25) is 11.8 Å². The van der Waals surface area contributed by atoms with Crippen LogP contribution >= 0.6 is 0 Å². The van der Waals surface area contributed by atoms with Gasteiger partial charge in [-0.05, 0) is 37.1 Å². The summed E-state index contributed by atoms with van der Waals surface area (Å²) in [4.78, 5) is 27.4. The molecule has 1 aliphatic heterocycles. The first kappa shape index (κ1) is 25.3. The Morgan fingerprint density at radius 1 is 1.11 bits per heavy atom. The van der Waals surface area contributed by atoms with Crippen LogP contribution in [0.2, 0.25) is 0 Å². The minimum atomic E-state index is -3.98. The molecule has 0 saturated carbocycles. The Balaban J connectivity index is 1.44. The van der Waals surface area contributed by atoms with Crippen molar-refractivity contribution in [1.29, 1.82) is 0 Å². The summed E-state index contributed by atoms with van der Waals surface area (Å²) in [6, 6.07) is 11.0. The summed E-state index contributed by atoms with van der Waals surface area (Å²) < 4.78 is 36.0. The summed E-state index contributed by atoms with van der Waals surface area (Å²) in [5, 5.41) is 3.94. The van der Waals surface area contributed by atoms with Gasteiger partial charge in [0.15, 0.2) is 0 Å². The van der Waals surface area contributed by atoms with Crippen LogP contribution in [0.3, 0.4) is 0 Å². The van der Waals surface area contributed by atoms with E-state index >= 15 is 0 Å². The number of hydrogen-bond acceptors (Lipinski definition) is 8. The zero-order valence-electron chi connectivity index (χ0n) is 21.2. The van der Waals surface area contributed by atoms with Crippen LogP contribution in [0.25, 0.3) is 11.3 Å². The largest absolute Gasteiger partial charge is 0.472 e. The second-order valence-electron chi connectivity index (χ2n) is 9.16. The molecule has 0 spiro atoms. The van der Waals surface area contributed by atoms with Crippen LogP contribution in [0.1, 0.15) is 27.9 Å². The molecule has 11 nitrogen and oxygen atoms in total. The summed E-state index contributed by atoms with van der Waals surface area (Å²) in [5.74, 6) is -0.0273. The first-order valence-electron chi connectivity index (χ1n) is 12.0. The lowest BCUT2D eigenvalue weighted by molar-refractivity contribution is 0.0770. The van der Waals surface area contributed by atoms with Gasteiger partial charge in [0.1, 0.15) is 11.0 Å². The number of carbonyl (C=O) groups excluding carboxylic acids is 1. The third-order valence-corrected chi connectivity index (χ3v) is 7.57. The summed E-state index contributed by atoms with van der Waals surface area (Å²) in [6.45, 7) is 4.81. The van der Waals surface area contributed by atoms with E-state index in [1.807, 2.05) is 32.0 Å². The lowest BCUT2D eigenvalue weighted by Crippen LogP contribution is -2.31. The number of nitrogens with zero attached hydrogens (tertiary/aromatic N) is 6. The van der Waals surface area contributed by atoms with Crippen LogP contribution in [0.4, 0.5) is 5.95 Å². The number of anilines is 1. The Morgan fingerprint density at radius 2 is 1.89 bits per heavy atom. The van der Waals surface area contributed by atoms with Crippen LogP contribution in [0.5, 0.6) is 5.88 Å². The Kier molecular flexibility index (Phi) is 6.81. The van der Waals surface area contributed by atoms with Crippen molar-refractivity contribution in [3.8, 4) is 17.1 Å². The van der Waals surface area contributed by atoms with E-state index in [2.05, 4.69) is 24.8 Å². The molecule has 0 bridgehead atoms. The van der Waals surface area contributed by atoms with E-state index in [9.17, 15) is 13.2 Å². The Bertz CT molecular complexity index is 1570. The van der Waals surface area contributed by atoms with Gasteiger partial charge < -0.3 is 9.64 Å². The van der Waals surface area contributed by atoms with E-state index in [1.165, 1.54) is 17.1 Å². The predicted octanol–water partition coefficient (Wildman–Crippen LogP) is 2.98. The monoisotopic (exact) mass is 533 g/mol. The number of benzene rings is 1. The van der Waals surface area contributed by atoms with E-state index in [4.69, 9.17) is 4.74 Å². The highest BCUT2D eigenvalue weighted by Crippen LogP contribution is 2.30. The van der Waals surface area contributed by atoms with E-state index < -0.39 is 10.0 Å². The molecular weight excluding hydrogens is 506 g/mol. The van der Waals surface area contributed by atoms with Gasteiger partial charge in [0, 0.05) is 50.2 Å². The van der Waals surface area contributed by atoms with Crippen LogP contribution < -0.4 is 9.46 Å². The summed E-state index contributed by atoms with van der Waals surface area (Å²) >= 11 is 0. The van der Waals surface area contributed by atoms with Crippen molar-refractivity contribution in [2.45, 2.75) is 31.3 Å². The van der Waals surface area contributed by atoms with Crippen molar-refractivity contribution in [1.82, 2.24) is 29.6 Å². The third-order valence-electron chi connectivity index (χ3n) is 6.29. The van der Waals surface area contributed by atoms with Gasteiger partial charge in [-0.2, -0.15) is 10.1 Å². The molecule has 4 heterocycles. The van der Waals surface area contributed by atoms with Crippen molar-refractivity contribution in [3.63, 3.8) is 0 Å². The van der Waals surface area contributed by atoms with E-state index in [1.54, 1.807) is 42.5 Å². The van der Waals surface area contributed by atoms with Gasteiger partial charge in [-0.3, -0.25) is 14.5 Å². The Labute approximate surface area is 220 Å². The Morgan fingerprint density at radius 3 is 2.58 bits per heavy atom. The van der Waals surface area contributed by atoms with Crippen molar-refractivity contribution in [3.05, 3.63) is 77.9 Å². The number of hydrogen-bond donors (Lipinski definition) is 1. The molecule has 1 aromatic carbocycles. The van der Waals surface area contributed by atoms with E-state index in [-0.39, 0.29) is 28.7 Å².